The van der Waals surface area contributed by atoms with E-state index in [0.29, 0.717) is 11.0 Å². The summed E-state index contributed by atoms with van der Waals surface area (Å²) in [5.74, 6) is 1.14. The van der Waals surface area contributed by atoms with Gasteiger partial charge in [-0.2, -0.15) is 0 Å². The smallest absolute Gasteiger partial charge is 0.287 e. The zero-order valence-electron chi connectivity index (χ0n) is 15.1. The van der Waals surface area contributed by atoms with Crippen LogP contribution < -0.4 is 10.5 Å². The maximum Gasteiger partial charge on any atom is 0.287 e. The average Bonchev–Trinajstić information content (AvgIpc) is 3.09. The number of nitrogens with zero attached hydrogens (tertiary/aromatic N) is 1. The van der Waals surface area contributed by atoms with Gasteiger partial charge in [0.15, 0.2) is 16.4 Å². The average molecular weight is 397 g/mol. The maximum atomic E-state index is 12.6. The third kappa shape index (κ3) is 2.51. The van der Waals surface area contributed by atoms with Gasteiger partial charge in [0, 0.05) is 21.0 Å². The Morgan fingerprint density at radius 1 is 1.19 bits per heavy atom. The van der Waals surface area contributed by atoms with E-state index in [9.17, 15) is 4.79 Å². The fraction of sp³-hybridized carbons (Fsp3) is 0.400. The minimum Gasteiger partial charge on any atom is -0.445 e. The highest BCUT2D eigenvalue weighted by atomic mass is 32.2. The SMILES string of the molecule is O=C(NC12CC(c3nc4cc([SiH3])ccc4o3)(C1)C2)c1ccc(SC2CC2)o1. The van der Waals surface area contributed by atoms with Crippen LogP contribution in [0, 0.1) is 0 Å². The van der Waals surface area contributed by atoms with Gasteiger partial charge in [-0.15, -0.1) is 0 Å². The van der Waals surface area contributed by atoms with Crippen LogP contribution in [0.4, 0.5) is 0 Å². The molecule has 0 radical (unpaired) electrons. The van der Waals surface area contributed by atoms with Gasteiger partial charge in [0.05, 0.1) is 5.41 Å². The Labute approximate surface area is 163 Å². The minimum absolute atomic E-state index is 0.00772. The van der Waals surface area contributed by atoms with Crippen molar-refractivity contribution in [2.24, 2.45) is 0 Å². The first-order valence-electron chi connectivity index (χ1n) is 9.49. The summed E-state index contributed by atoms with van der Waals surface area (Å²) in [6, 6.07) is 9.93. The Hall–Kier alpha value is -1.99. The lowest BCUT2D eigenvalue weighted by Gasteiger charge is -2.68. The van der Waals surface area contributed by atoms with E-state index in [1.54, 1.807) is 17.8 Å². The number of nitrogens with one attached hydrogen (secondary N) is 1. The van der Waals surface area contributed by atoms with E-state index < -0.39 is 0 Å². The number of oxazole rings is 1. The molecule has 0 spiro atoms. The van der Waals surface area contributed by atoms with Crippen LogP contribution in [0.25, 0.3) is 11.1 Å². The molecule has 3 aromatic rings. The third-order valence-corrected chi connectivity index (χ3v) is 7.90. The fourth-order valence-corrected chi connectivity index (χ4v) is 5.99. The van der Waals surface area contributed by atoms with Crippen molar-refractivity contribution in [3.8, 4) is 0 Å². The summed E-state index contributed by atoms with van der Waals surface area (Å²) in [5, 5.41) is 6.03. The normalized spacial score (nSPS) is 28.7. The molecule has 0 atom stereocenters. The Bertz CT molecular complexity index is 1060. The number of carbonyl (C=O) groups excluding carboxylic acids is 1. The molecule has 5 nitrogen and oxygen atoms in total. The van der Waals surface area contributed by atoms with Crippen LogP contribution in [0.15, 0.2) is 44.3 Å². The van der Waals surface area contributed by atoms with Crippen molar-refractivity contribution in [1.29, 1.82) is 0 Å². The number of rotatable bonds is 5. The van der Waals surface area contributed by atoms with Crippen molar-refractivity contribution < 1.29 is 13.6 Å². The first kappa shape index (κ1) is 16.0. The topological polar surface area (TPSA) is 68.3 Å². The summed E-state index contributed by atoms with van der Waals surface area (Å²) < 4.78 is 11.7. The van der Waals surface area contributed by atoms with Gasteiger partial charge in [-0.1, -0.05) is 23.0 Å². The molecule has 7 rings (SSSR count). The van der Waals surface area contributed by atoms with Crippen LogP contribution in [0.3, 0.4) is 0 Å². The van der Waals surface area contributed by atoms with Crippen LogP contribution in [0.2, 0.25) is 0 Å². The van der Waals surface area contributed by atoms with Crippen molar-refractivity contribution in [2.45, 2.75) is 53.4 Å². The highest BCUT2D eigenvalue weighted by Gasteiger charge is 2.71. The molecule has 0 unspecified atom stereocenters. The van der Waals surface area contributed by atoms with Gasteiger partial charge in [-0.3, -0.25) is 4.79 Å². The van der Waals surface area contributed by atoms with Gasteiger partial charge >= 0.3 is 0 Å². The molecular weight excluding hydrogens is 376 g/mol. The molecule has 1 N–H and O–H groups in total. The predicted molar refractivity (Wildman–Crippen MR) is 107 cm³/mol. The maximum absolute atomic E-state index is 12.6. The molecule has 4 saturated carbocycles. The second-order valence-electron chi connectivity index (χ2n) is 8.47. The number of benzene rings is 1. The molecule has 2 aromatic heterocycles. The largest absolute Gasteiger partial charge is 0.445 e. The summed E-state index contributed by atoms with van der Waals surface area (Å²) in [6.45, 7) is 0. The predicted octanol–water partition coefficient (Wildman–Crippen LogP) is 2.27. The number of carbonyl (C=O) groups is 1. The van der Waals surface area contributed by atoms with E-state index in [4.69, 9.17) is 13.8 Å². The zero-order chi connectivity index (χ0) is 18.2. The molecule has 7 heteroatoms. The zero-order valence-corrected chi connectivity index (χ0v) is 17.9. The fourth-order valence-electron chi connectivity index (χ4n) is 4.57. The Kier molecular flexibility index (Phi) is 3.14. The summed E-state index contributed by atoms with van der Waals surface area (Å²) in [7, 11) is 1.01. The van der Waals surface area contributed by atoms with Crippen LogP contribution >= 0.6 is 11.8 Å². The molecule has 27 heavy (non-hydrogen) atoms. The lowest BCUT2D eigenvalue weighted by molar-refractivity contribution is -0.0958. The van der Waals surface area contributed by atoms with E-state index >= 15 is 0 Å². The first-order valence-corrected chi connectivity index (χ1v) is 11.4. The quantitative estimate of drug-likeness (QED) is 0.670. The Balaban J connectivity index is 1.14. The molecule has 4 fully saturated rings. The summed E-state index contributed by atoms with van der Waals surface area (Å²) >= 11 is 1.73. The van der Waals surface area contributed by atoms with E-state index in [-0.39, 0.29) is 16.9 Å². The van der Waals surface area contributed by atoms with Crippen LogP contribution in [-0.2, 0) is 5.41 Å². The molecule has 138 valence electrons. The lowest BCUT2D eigenvalue weighted by atomic mass is 9.39. The molecular formula is C20H20N2O3SSi. The Morgan fingerprint density at radius 3 is 2.78 bits per heavy atom. The van der Waals surface area contributed by atoms with E-state index in [0.717, 1.165) is 51.6 Å². The number of aromatic nitrogens is 1. The minimum atomic E-state index is -0.114. The molecule has 1 aromatic carbocycles. The molecule has 2 bridgehead atoms. The monoisotopic (exact) mass is 396 g/mol. The van der Waals surface area contributed by atoms with Crippen molar-refractivity contribution in [3.63, 3.8) is 0 Å². The second kappa shape index (κ2) is 5.29. The molecule has 1 amide bonds. The number of hydrogen-bond donors (Lipinski definition) is 1. The molecule has 2 heterocycles. The highest BCUT2D eigenvalue weighted by molar-refractivity contribution is 8.00. The van der Waals surface area contributed by atoms with Gasteiger partial charge in [0.25, 0.3) is 5.91 Å². The number of furan rings is 1. The Morgan fingerprint density at radius 2 is 2.00 bits per heavy atom. The van der Waals surface area contributed by atoms with Gasteiger partial charge < -0.3 is 14.2 Å². The number of thioether (sulfide) groups is 1. The van der Waals surface area contributed by atoms with Crippen molar-refractivity contribution in [1.82, 2.24) is 10.3 Å². The molecule has 4 aliphatic rings. The van der Waals surface area contributed by atoms with Crippen LogP contribution in [0.1, 0.15) is 48.5 Å². The summed E-state index contributed by atoms with van der Waals surface area (Å²) in [6.07, 6.45) is 5.19. The number of hydrogen-bond acceptors (Lipinski definition) is 5. The number of amides is 1. The highest BCUT2D eigenvalue weighted by Crippen LogP contribution is 2.67. The van der Waals surface area contributed by atoms with Gasteiger partial charge in [0.1, 0.15) is 5.52 Å². The van der Waals surface area contributed by atoms with Gasteiger partial charge in [-0.05, 0) is 56.4 Å². The number of fused-ring (bicyclic) bond motifs is 1. The van der Waals surface area contributed by atoms with Gasteiger partial charge in [-0.25, -0.2) is 4.98 Å². The second-order valence-corrected chi connectivity index (χ2v) is 10.9. The van der Waals surface area contributed by atoms with Crippen molar-refractivity contribution >= 4 is 44.2 Å². The first-order chi connectivity index (χ1) is 13.0. The molecule has 4 aliphatic carbocycles. The van der Waals surface area contributed by atoms with E-state index in [1.165, 1.54) is 18.0 Å². The van der Waals surface area contributed by atoms with Gasteiger partial charge in [0.2, 0.25) is 5.89 Å². The van der Waals surface area contributed by atoms with Crippen LogP contribution in [0.5, 0.6) is 0 Å². The van der Waals surface area contributed by atoms with Crippen molar-refractivity contribution in [3.05, 3.63) is 42.0 Å². The van der Waals surface area contributed by atoms with Crippen LogP contribution in [-0.4, -0.2) is 31.9 Å². The van der Waals surface area contributed by atoms with E-state index in [1.807, 2.05) is 12.1 Å². The molecule has 0 saturated heterocycles. The summed E-state index contributed by atoms with van der Waals surface area (Å²) in [5.41, 5.74) is 1.71. The van der Waals surface area contributed by atoms with Crippen molar-refractivity contribution in [2.75, 3.05) is 0 Å². The molecule has 0 aliphatic heterocycles. The standard InChI is InChI=1S/C20H20N2O3SSi/c23-17(15-5-6-16(24-15)26-11-1-2-11)22-20-8-19(9-20,10-20)18-21-13-7-12(27)3-4-14(13)25-18/h3-7,11H,1-2,8-10H2,27H3,(H,22,23). The lowest BCUT2D eigenvalue weighted by Crippen LogP contribution is -2.76. The van der Waals surface area contributed by atoms with E-state index in [2.05, 4.69) is 17.4 Å². The third-order valence-electron chi connectivity index (χ3n) is 6.02. The summed E-state index contributed by atoms with van der Waals surface area (Å²) in [4.78, 5) is 17.3.